The van der Waals surface area contributed by atoms with Gasteiger partial charge in [0.25, 0.3) is 0 Å². The Bertz CT molecular complexity index is 1120. The molecule has 160 valence electrons. The van der Waals surface area contributed by atoms with Gasteiger partial charge in [0.1, 0.15) is 5.75 Å². The van der Waals surface area contributed by atoms with Crippen LogP contribution in [0.1, 0.15) is 29.6 Å². The Labute approximate surface area is 187 Å². The number of hydrogen-bond donors (Lipinski definition) is 0. The van der Waals surface area contributed by atoms with E-state index in [4.69, 9.17) is 9.47 Å². The van der Waals surface area contributed by atoms with Gasteiger partial charge in [-0.15, -0.1) is 11.3 Å². The highest BCUT2D eigenvalue weighted by Gasteiger charge is 2.21. The Morgan fingerprint density at radius 1 is 1.23 bits per heavy atom. The molecule has 0 bridgehead atoms. The number of rotatable bonds is 6. The van der Waals surface area contributed by atoms with Crippen LogP contribution in [0.4, 0.5) is 5.69 Å². The summed E-state index contributed by atoms with van der Waals surface area (Å²) in [5.41, 5.74) is 5.88. The van der Waals surface area contributed by atoms with Crippen LogP contribution < -0.4 is 9.64 Å². The van der Waals surface area contributed by atoms with E-state index in [0.29, 0.717) is 25.1 Å². The van der Waals surface area contributed by atoms with Gasteiger partial charge in [0.15, 0.2) is 0 Å². The molecule has 0 spiro atoms. The Hall–Kier alpha value is -3.12. The Kier molecular flexibility index (Phi) is 6.37. The summed E-state index contributed by atoms with van der Waals surface area (Å²) in [6.07, 6.45) is 2.58. The molecule has 1 aliphatic rings. The third-order valence-electron chi connectivity index (χ3n) is 5.31. The second kappa shape index (κ2) is 9.35. The van der Waals surface area contributed by atoms with Crippen LogP contribution in [-0.2, 0) is 16.1 Å². The summed E-state index contributed by atoms with van der Waals surface area (Å²) in [5.74, 6) is 0.572. The van der Waals surface area contributed by atoms with Crippen LogP contribution in [0.25, 0.3) is 17.2 Å². The molecule has 0 aliphatic carbocycles. The van der Waals surface area contributed by atoms with Crippen LogP contribution in [0.2, 0.25) is 0 Å². The number of para-hydroxylation sites is 1. The van der Waals surface area contributed by atoms with E-state index in [2.05, 4.69) is 39.5 Å². The molecule has 31 heavy (non-hydrogen) atoms. The molecule has 6 heteroatoms. The number of carbonyl (C=O) groups excluding carboxylic acids is 1. The summed E-state index contributed by atoms with van der Waals surface area (Å²) in [7, 11) is 1.43. The third kappa shape index (κ3) is 4.64. The number of fused-ring (bicyclic) bond motifs is 1. The molecular formula is C25H26N2O3S. The quantitative estimate of drug-likeness (QED) is 0.481. The lowest BCUT2D eigenvalue weighted by Crippen LogP contribution is -2.24. The van der Waals surface area contributed by atoms with Gasteiger partial charge in [0.2, 0.25) is 0 Å². The minimum atomic E-state index is -0.280. The molecule has 0 saturated carbocycles. The molecule has 4 rings (SSSR count). The number of carbonyl (C=O) groups is 1. The predicted molar refractivity (Wildman–Crippen MR) is 126 cm³/mol. The monoisotopic (exact) mass is 434 g/mol. The highest BCUT2D eigenvalue weighted by molar-refractivity contribution is 7.09. The van der Waals surface area contributed by atoms with Gasteiger partial charge in [-0.2, -0.15) is 0 Å². The summed E-state index contributed by atoms with van der Waals surface area (Å²) in [5, 5.41) is 3.16. The zero-order valence-corrected chi connectivity index (χ0v) is 18.9. The Morgan fingerprint density at radius 2 is 2.06 bits per heavy atom. The lowest BCUT2D eigenvalue weighted by Gasteiger charge is -2.24. The van der Waals surface area contributed by atoms with Crippen molar-refractivity contribution < 1.29 is 14.3 Å². The molecule has 0 radical (unpaired) electrons. The molecule has 0 atom stereocenters. The van der Waals surface area contributed by atoms with E-state index in [9.17, 15) is 4.79 Å². The summed E-state index contributed by atoms with van der Waals surface area (Å²) in [6, 6.07) is 14.4. The molecule has 0 amide bonds. The van der Waals surface area contributed by atoms with Gasteiger partial charge in [0, 0.05) is 28.7 Å². The normalized spacial score (nSPS) is 13.3. The van der Waals surface area contributed by atoms with Gasteiger partial charge in [-0.25, -0.2) is 9.78 Å². The lowest BCUT2D eigenvalue weighted by molar-refractivity contribution is -0.136. The third-order valence-corrected chi connectivity index (χ3v) is 6.14. The smallest absolute Gasteiger partial charge is 0.333 e. The maximum Gasteiger partial charge on any atom is 0.333 e. The van der Waals surface area contributed by atoms with E-state index in [-0.39, 0.29) is 5.97 Å². The minimum Gasteiger partial charge on any atom is -0.493 e. The number of ether oxygens (including phenoxy) is 2. The molecule has 0 saturated heterocycles. The number of hydrogen-bond acceptors (Lipinski definition) is 6. The first-order valence-electron chi connectivity index (χ1n) is 10.4. The van der Waals surface area contributed by atoms with E-state index >= 15 is 0 Å². The van der Waals surface area contributed by atoms with Crippen molar-refractivity contribution in [2.24, 2.45) is 0 Å². The predicted octanol–water partition coefficient (Wildman–Crippen LogP) is 5.48. The highest BCUT2D eigenvalue weighted by atomic mass is 32.1. The molecule has 2 heterocycles. The average molecular weight is 435 g/mol. The number of aryl methyl sites for hydroxylation is 1. The number of aromatic nitrogens is 1. The molecule has 1 aliphatic heterocycles. The van der Waals surface area contributed by atoms with Crippen molar-refractivity contribution >= 4 is 29.1 Å². The molecule has 0 unspecified atom stereocenters. The first-order valence-corrected chi connectivity index (χ1v) is 11.3. The van der Waals surface area contributed by atoms with E-state index in [1.54, 1.807) is 11.3 Å². The van der Waals surface area contributed by atoms with Crippen molar-refractivity contribution in [1.29, 1.82) is 0 Å². The topological polar surface area (TPSA) is 51.7 Å². The number of esters is 1. The summed E-state index contributed by atoms with van der Waals surface area (Å²) in [6.45, 7) is 6.03. The summed E-state index contributed by atoms with van der Waals surface area (Å²) >= 11 is 1.66. The maximum atomic E-state index is 12.4. The minimum absolute atomic E-state index is 0.280. The van der Waals surface area contributed by atoms with Crippen LogP contribution >= 0.6 is 11.3 Å². The molecule has 0 N–H and O–H groups in total. The van der Waals surface area contributed by atoms with Crippen molar-refractivity contribution in [3.8, 4) is 16.9 Å². The Balaban J connectivity index is 1.77. The van der Waals surface area contributed by atoms with Crippen LogP contribution in [0.15, 0.2) is 53.4 Å². The van der Waals surface area contributed by atoms with Gasteiger partial charge in [0.05, 0.1) is 31.0 Å². The van der Waals surface area contributed by atoms with Crippen LogP contribution in [0, 0.1) is 6.92 Å². The average Bonchev–Trinajstić information content (AvgIpc) is 3.11. The second-order valence-corrected chi connectivity index (χ2v) is 8.46. The molecule has 3 aromatic rings. The second-order valence-electron chi connectivity index (χ2n) is 7.39. The van der Waals surface area contributed by atoms with Crippen LogP contribution in [-0.4, -0.2) is 31.2 Å². The summed E-state index contributed by atoms with van der Waals surface area (Å²) < 4.78 is 10.9. The standard InChI is InChI=1S/C25H26N2O3S/c1-4-30-24-8-6-5-7-22(24)18-9-10-23-20(13-18)14-19(25(28)29-3)11-12-27(23)15-21-16-31-17(2)26-21/h5-10,13-14,16H,4,11-12,15H2,1-3H3. The molecule has 0 fully saturated rings. The van der Waals surface area contributed by atoms with Gasteiger partial charge in [-0.3, -0.25) is 0 Å². The van der Waals surface area contributed by atoms with E-state index in [1.807, 2.05) is 38.1 Å². The molecular weight excluding hydrogens is 408 g/mol. The fourth-order valence-electron chi connectivity index (χ4n) is 3.88. The van der Waals surface area contributed by atoms with E-state index in [0.717, 1.165) is 45.4 Å². The fourth-order valence-corrected chi connectivity index (χ4v) is 4.48. The Morgan fingerprint density at radius 3 is 2.81 bits per heavy atom. The van der Waals surface area contributed by atoms with Crippen LogP contribution in [0.3, 0.4) is 0 Å². The van der Waals surface area contributed by atoms with Gasteiger partial charge < -0.3 is 14.4 Å². The van der Waals surface area contributed by atoms with Gasteiger partial charge in [-0.1, -0.05) is 24.3 Å². The summed E-state index contributed by atoms with van der Waals surface area (Å²) in [4.78, 5) is 19.3. The molecule has 5 nitrogen and oxygen atoms in total. The number of nitrogens with zero attached hydrogens (tertiary/aromatic N) is 2. The number of thiazole rings is 1. The molecule has 2 aromatic carbocycles. The number of methoxy groups -OCH3 is 1. The maximum absolute atomic E-state index is 12.4. The van der Waals surface area contributed by atoms with Crippen molar-refractivity contribution in [2.75, 3.05) is 25.2 Å². The number of benzene rings is 2. The SMILES string of the molecule is CCOc1ccccc1-c1ccc2c(c1)C=C(C(=O)OC)CCN2Cc1csc(C)n1. The van der Waals surface area contributed by atoms with E-state index < -0.39 is 0 Å². The number of anilines is 1. The van der Waals surface area contributed by atoms with Crippen molar-refractivity contribution in [2.45, 2.75) is 26.8 Å². The van der Waals surface area contributed by atoms with Gasteiger partial charge >= 0.3 is 5.97 Å². The van der Waals surface area contributed by atoms with Crippen molar-refractivity contribution in [3.63, 3.8) is 0 Å². The lowest BCUT2D eigenvalue weighted by atomic mass is 9.99. The van der Waals surface area contributed by atoms with Crippen LogP contribution in [0.5, 0.6) is 5.75 Å². The van der Waals surface area contributed by atoms with Crippen molar-refractivity contribution in [3.05, 3.63) is 69.7 Å². The first-order chi connectivity index (χ1) is 15.1. The first kappa shape index (κ1) is 21.1. The van der Waals surface area contributed by atoms with E-state index in [1.165, 1.54) is 7.11 Å². The largest absolute Gasteiger partial charge is 0.493 e. The van der Waals surface area contributed by atoms with Gasteiger partial charge in [-0.05, 0) is 55.7 Å². The zero-order valence-electron chi connectivity index (χ0n) is 18.1. The highest BCUT2D eigenvalue weighted by Crippen LogP contribution is 2.36. The molecule has 1 aromatic heterocycles. The van der Waals surface area contributed by atoms with Crippen molar-refractivity contribution in [1.82, 2.24) is 4.98 Å². The zero-order chi connectivity index (χ0) is 21.8. The fraction of sp³-hybridized carbons (Fsp3) is 0.280.